The molecule has 1 saturated heterocycles. The minimum atomic E-state index is 0.442. The van der Waals surface area contributed by atoms with E-state index < -0.39 is 0 Å². The number of hydrogen-bond acceptors (Lipinski definition) is 5. The molecule has 0 amide bonds. The van der Waals surface area contributed by atoms with Crippen LogP contribution in [-0.2, 0) is 4.74 Å². The highest BCUT2D eigenvalue weighted by atomic mass is 35.5. The minimum Gasteiger partial charge on any atom is -0.393 e. The third-order valence-corrected chi connectivity index (χ3v) is 4.47. The van der Waals surface area contributed by atoms with Crippen molar-refractivity contribution in [2.24, 2.45) is 5.92 Å². The molecule has 0 aliphatic carbocycles. The Morgan fingerprint density at radius 1 is 1.38 bits per heavy atom. The van der Waals surface area contributed by atoms with Gasteiger partial charge in [0.25, 0.3) is 0 Å². The van der Waals surface area contributed by atoms with Gasteiger partial charge < -0.3 is 15.5 Å². The first kappa shape index (κ1) is 16.9. The van der Waals surface area contributed by atoms with Crippen molar-refractivity contribution in [2.45, 2.75) is 19.3 Å². The Bertz CT molecular complexity index is 769. The van der Waals surface area contributed by atoms with Gasteiger partial charge in [0.1, 0.15) is 5.15 Å². The summed E-state index contributed by atoms with van der Waals surface area (Å²) < 4.78 is 5.41. The first-order chi connectivity index (χ1) is 11.7. The molecule has 3 heterocycles. The lowest BCUT2D eigenvalue weighted by molar-refractivity contribution is 0.0685. The van der Waals surface area contributed by atoms with Crippen LogP contribution in [0.3, 0.4) is 0 Å². The quantitative estimate of drug-likeness (QED) is 0.641. The Kier molecular flexibility index (Phi) is 5.43. The smallest absolute Gasteiger partial charge is 0.129 e. The van der Waals surface area contributed by atoms with Gasteiger partial charge in [-0.2, -0.15) is 0 Å². The SMILES string of the molecule is CN/C=C(\C(=N)CC1CCOCC1)c1cnc2ccc(Cl)nc2c1. The first-order valence-corrected chi connectivity index (χ1v) is 8.51. The van der Waals surface area contributed by atoms with Crippen LogP contribution in [0, 0.1) is 11.3 Å². The topological polar surface area (TPSA) is 70.9 Å². The molecule has 24 heavy (non-hydrogen) atoms. The normalized spacial score (nSPS) is 16.3. The third-order valence-electron chi connectivity index (χ3n) is 4.26. The molecule has 0 saturated carbocycles. The Balaban J connectivity index is 1.87. The van der Waals surface area contributed by atoms with Gasteiger partial charge in [-0.25, -0.2) is 4.98 Å². The highest BCUT2D eigenvalue weighted by Gasteiger charge is 2.18. The van der Waals surface area contributed by atoms with Crippen LogP contribution in [-0.4, -0.2) is 35.9 Å². The van der Waals surface area contributed by atoms with E-state index in [-0.39, 0.29) is 0 Å². The van der Waals surface area contributed by atoms with Crippen LogP contribution in [0.2, 0.25) is 5.15 Å². The molecule has 2 aromatic heterocycles. The maximum Gasteiger partial charge on any atom is 0.129 e. The molecule has 2 N–H and O–H groups in total. The van der Waals surface area contributed by atoms with E-state index in [0.717, 1.165) is 54.6 Å². The molecule has 0 bridgehead atoms. The largest absolute Gasteiger partial charge is 0.393 e. The highest BCUT2D eigenvalue weighted by molar-refractivity contribution is 6.29. The van der Waals surface area contributed by atoms with Crippen LogP contribution in [0.4, 0.5) is 0 Å². The van der Waals surface area contributed by atoms with Gasteiger partial charge in [0.15, 0.2) is 0 Å². The van der Waals surface area contributed by atoms with Gasteiger partial charge in [-0.1, -0.05) is 11.6 Å². The summed E-state index contributed by atoms with van der Waals surface area (Å²) in [5.74, 6) is 0.507. The van der Waals surface area contributed by atoms with E-state index in [1.807, 2.05) is 25.4 Å². The number of allylic oxidation sites excluding steroid dienone is 1. The number of ether oxygens (including phenoxy) is 1. The van der Waals surface area contributed by atoms with Crippen molar-refractivity contribution in [2.75, 3.05) is 20.3 Å². The summed E-state index contributed by atoms with van der Waals surface area (Å²) in [6.07, 6.45) is 6.43. The molecule has 126 valence electrons. The molecular formula is C18H21ClN4O. The van der Waals surface area contributed by atoms with Crippen LogP contribution < -0.4 is 5.32 Å². The summed E-state index contributed by atoms with van der Waals surface area (Å²) in [4.78, 5) is 8.77. The molecule has 0 radical (unpaired) electrons. The van der Waals surface area contributed by atoms with Crippen LogP contribution in [0.1, 0.15) is 24.8 Å². The molecule has 5 nitrogen and oxygen atoms in total. The van der Waals surface area contributed by atoms with Crippen molar-refractivity contribution in [3.05, 3.63) is 41.3 Å². The zero-order valence-corrected chi connectivity index (χ0v) is 14.4. The van der Waals surface area contributed by atoms with Crippen molar-refractivity contribution in [1.82, 2.24) is 15.3 Å². The van der Waals surface area contributed by atoms with Crippen molar-refractivity contribution in [1.29, 1.82) is 5.41 Å². The molecule has 0 atom stereocenters. The van der Waals surface area contributed by atoms with Crippen LogP contribution in [0.25, 0.3) is 16.6 Å². The zero-order valence-electron chi connectivity index (χ0n) is 13.7. The van der Waals surface area contributed by atoms with Gasteiger partial charge in [0, 0.05) is 49.5 Å². The zero-order chi connectivity index (χ0) is 16.9. The Hall–Kier alpha value is -1.98. The van der Waals surface area contributed by atoms with Crippen molar-refractivity contribution in [3.8, 4) is 0 Å². The van der Waals surface area contributed by atoms with E-state index in [9.17, 15) is 0 Å². The maximum atomic E-state index is 8.55. The summed E-state index contributed by atoms with van der Waals surface area (Å²) in [5, 5.41) is 12.0. The number of fused-ring (bicyclic) bond motifs is 1. The molecule has 0 aromatic carbocycles. The van der Waals surface area contributed by atoms with Gasteiger partial charge in [0.05, 0.1) is 11.0 Å². The maximum absolute atomic E-state index is 8.55. The second-order valence-electron chi connectivity index (χ2n) is 5.98. The van der Waals surface area contributed by atoms with E-state index in [1.165, 1.54) is 0 Å². The number of halogens is 1. The standard InChI is InChI=1S/C18H21ClN4O/c1-21-11-14(15(20)8-12-4-6-24-7-5-12)13-9-17-16(22-10-13)2-3-18(19)23-17/h2-3,9-12,20-21H,4-8H2,1H3/b14-11-,20-15?. The number of rotatable bonds is 5. The lowest BCUT2D eigenvalue weighted by Crippen LogP contribution is -2.19. The van der Waals surface area contributed by atoms with Gasteiger partial charge in [0.2, 0.25) is 0 Å². The number of aromatic nitrogens is 2. The van der Waals surface area contributed by atoms with Crippen LogP contribution in [0.5, 0.6) is 0 Å². The van der Waals surface area contributed by atoms with Crippen molar-refractivity contribution >= 4 is 33.9 Å². The lowest BCUT2D eigenvalue weighted by atomic mass is 9.90. The van der Waals surface area contributed by atoms with E-state index in [2.05, 4.69) is 15.3 Å². The van der Waals surface area contributed by atoms with E-state index in [0.29, 0.717) is 16.8 Å². The van der Waals surface area contributed by atoms with Gasteiger partial charge in [-0.15, -0.1) is 0 Å². The fraction of sp³-hybridized carbons (Fsp3) is 0.389. The molecular weight excluding hydrogens is 324 g/mol. The minimum absolute atomic E-state index is 0.442. The van der Waals surface area contributed by atoms with E-state index >= 15 is 0 Å². The Labute approximate surface area is 146 Å². The molecule has 0 spiro atoms. The molecule has 6 heteroatoms. The Morgan fingerprint density at radius 2 is 2.17 bits per heavy atom. The van der Waals surface area contributed by atoms with Crippen molar-refractivity contribution < 1.29 is 4.74 Å². The predicted octanol–water partition coefficient (Wildman–Crippen LogP) is 3.68. The average Bonchev–Trinajstić information content (AvgIpc) is 2.59. The number of hydrogen-bond donors (Lipinski definition) is 2. The summed E-state index contributed by atoms with van der Waals surface area (Å²) in [6.45, 7) is 1.59. The molecule has 0 unspecified atom stereocenters. The fourth-order valence-electron chi connectivity index (χ4n) is 2.97. The number of pyridine rings is 2. The van der Waals surface area contributed by atoms with Gasteiger partial charge in [-0.3, -0.25) is 4.98 Å². The molecule has 3 rings (SSSR count). The average molecular weight is 345 g/mol. The van der Waals surface area contributed by atoms with Crippen LogP contribution >= 0.6 is 11.6 Å². The second-order valence-corrected chi connectivity index (χ2v) is 6.37. The fourth-order valence-corrected chi connectivity index (χ4v) is 3.12. The van der Waals surface area contributed by atoms with Gasteiger partial charge >= 0.3 is 0 Å². The summed E-state index contributed by atoms with van der Waals surface area (Å²) >= 11 is 5.98. The second kappa shape index (κ2) is 7.73. The van der Waals surface area contributed by atoms with Crippen molar-refractivity contribution in [3.63, 3.8) is 0 Å². The monoisotopic (exact) mass is 344 g/mol. The Morgan fingerprint density at radius 3 is 2.92 bits per heavy atom. The highest BCUT2D eigenvalue weighted by Crippen LogP contribution is 2.25. The lowest BCUT2D eigenvalue weighted by Gasteiger charge is -2.23. The van der Waals surface area contributed by atoms with Crippen LogP contribution in [0.15, 0.2) is 30.6 Å². The summed E-state index contributed by atoms with van der Waals surface area (Å²) in [6, 6.07) is 5.52. The summed E-state index contributed by atoms with van der Waals surface area (Å²) in [5.41, 5.74) is 3.87. The molecule has 2 aromatic rings. The predicted molar refractivity (Wildman–Crippen MR) is 97.5 cm³/mol. The molecule has 1 aliphatic rings. The molecule has 1 aliphatic heterocycles. The van der Waals surface area contributed by atoms with Gasteiger partial charge in [-0.05, 0) is 43.4 Å². The number of nitrogens with one attached hydrogen (secondary N) is 2. The van der Waals surface area contributed by atoms with E-state index in [4.69, 9.17) is 21.7 Å². The van der Waals surface area contributed by atoms with E-state index in [1.54, 1.807) is 12.3 Å². The third kappa shape index (κ3) is 3.91. The number of nitrogens with zero attached hydrogens (tertiary/aromatic N) is 2. The first-order valence-electron chi connectivity index (χ1n) is 8.13. The summed E-state index contributed by atoms with van der Waals surface area (Å²) in [7, 11) is 1.84. The molecule has 1 fully saturated rings.